The van der Waals surface area contributed by atoms with Crippen LogP contribution in [0.2, 0.25) is 0 Å². The first kappa shape index (κ1) is 23.0. The van der Waals surface area contributed by atoms with Gasteiger partial charge in [-0.05, 0) is 54.6 Å². The molecule has 0 fully saturated rings. The fraction of sp³-hybridized carbons (Fsp3) is 0.455. The van der Waals surface area contributed by atoms with Crippen LogP contribution in [0.4, 0.5) is 9.18 Å². The lowest BCUT2D eigenvalue weighted by Crippen LogP contribution is -2.50. The lowest BCUT2D eigenvalue weighted by molar-refractivity contribution is -0.135. The molecule has 1 aliphatic heterocycles. The van der Waals surface area contributed by atoms with Crippen LogP contribution in [0.3, 0.4) is 0 Å². The average molecular weight is 450 g/mol. The van der Waals surface area contributed by atoms with Gasteiger partial charge in [-0.1, -0.05) is 0 Å². The molecule has 7 nitrogen and oxygen atoms in total. The van der Waals surface area contributed by atoms with Gasteiger partial charge in [0.05, 0.1) is 12.6 Å². The zero-order valence-corrected chi connectivity index (χ0v) is 18.6. The van der Waals surface area contributed by atoms with E-state index in [4.69, 9.17) is 9.47 Å². The van der Waals surface area contributed by atoms with Gasteiger partial charge in [-0.2, -0.15) is 0 Å². The summed E-state index contributed by atoms with van der Waals surface area (Å²) in [6, 6.07) is 7.28. The topological polar surface area (TPSA) is 71.1 Å². The van der Waals surface area contributed by atoms with E-state index < -0.39 is 0 Å². The van der Waals surface area contributed by atoms with Gasteiger partial charge >= 0.3 is 6.03 Å². The summed E-state index contributed by atoms with van der Waals surface area (Å²) in [6.45, 7) is 3.74. The number of fused-ring (bicyclic) bond motifs is 1. The molecular weight excluding hydrogens is 421 g/mol. The minimum atomic E-state index is -0.330. The number of benzene rings is 1. The van der Waals surface area contributed by atoms with Crippen LogP contribution in [-0.2, 0) is 16.0 Å². The summed E-state index contributed by atoms with van der Waals surface area (Å²) in [4.78, 5) is 30.1. The number of rotatable bonds is 9. The minimum Gasteiger partial charge on any atom is -0.491 e. The lowest BCUT2D eigenvalue weighted by atomic mass is 10.0. The molecule has 0 bridgehead atoms. The molecule has 31 heavy (non-hydrogen) atoms. The van der Waals surface area contributed by atoms with Gasteiger partial charge in [-0.25, -0.2) is 9.18 Å². The average Bonchev–Trinajstić information content (AvgIpc) is 3.25. The fourth-order valence-corrected chi connectivity index (χ4v) is 4.48. The first-order valence-corrected chi connectivity index (χ1v) is 11.2. The third kappa shape index (κ3) is 5.95. The van der Waals surface area contributed by atoms with Crippen molar-refractivity contribution >= 4 is 23.3 Å². The molecular formula is C22H28FN3O4S. The van der Waals surface area contributed by atoms with E-state index in [1.165, 1.54) is 21.9 Å². The standard InChI is InChI=1S/C22H28FN3O4S/c1-3-24-22(28)25(11-12-29-2)14-21(27)26-10-8-20-18(9-13-31-20)19(26)15-30-17-6-4-16(23)5-7-17/h4-7,9,13,19H,3,8,10-12,14-15H2,1-2H3,(H,24,28)/t19-/m0/s1. The molecule has 3 amide bonds. The molecule has 3 rings (SSSR count). The molecule has 0 unspecified atom stereocenters. The molecule has 1 N–H and O–H groups in total. The second-order valence-electron chi connectivity index (χ2n) is 7.17. The van der Waals surface area contributed by atoms with Crippen LogP contribution in [0, 0.1) is 5.82 Å². The molecule has 2 heterocycles. The number of nitrogens with one attached hydrogen (secondary N) is 1. The monoisotopic (exact) mass is 449 g/mol. The van der Waals surface area contributed by atoms with Crippen molar-refractivity contribution in [1.29, 1.82) is 0 Å². The van der Waals surface area contributed by atoms with Gasteiger partial charge in [0.15, 0.2) is 0 Å². The largest absolute Gasteiger partial charge is 0.491 e. The highest BCUT2D eigenvalue weighted by molar-refractivity contribution is 7.10. The minimum absolute atomic E-state index is 0.0400. The van der Waals surface area contributed by atoms with Crippen molar-refractivity contribution in [3.05, 3.63) is 52.0 Å². The fourth-order valence-electron chi connectivity index (χ4n) is 3.55. The second kappa shape index (κ2) is 11.1. The first-order valence-electron chi connectivity index (χ1n) is 10.3. The third-order valence-electron chi connectivity index (χ3n) is 5.14. The summed E-state index contributed by atoms with van der Waals surface area (Å²) in [5, 5.41) is 4.76. The van der Waals surface area contributed by atoms with E-state index in [1.54, 1.807) is 35.5 Å². The smallest absolute Gasteiger partial charge is 0.317 e. The first-order chi connectivity index (χ1) is 15.0. The van der Waals surface area contributed by atoms with Crippen LogP contribution in [-0.4, -0.2) is 68.2 Å². The number of carbonyl (C=O) groups excluding carboxylic acids is 2. The third-order valence-corrected chi connectivity index (χ3v) is 6.14. The number of amides is 3. The van der Waals surface area contributed by atoms with Gasteiger partial charge in [0.1, 0.15) is 24.7 Å². The van der Waals surface area contributed by atoms with Crippen molar-refractivity contribution in [3.8, 4) is 5.75 Å². The summed E-state index contributed by atoms with van der Waals surface area (Å²) >= 11 is 1.67. The second-order valence-corrected chi connectivity index (χ2v) is 8.17. The van der Waals surface area contributed by atoms with Crippen molar-refractivity contribution in [3.63, 3.8) is 0 Å². The Labute approximate surface area is 185 Å². The SMILES string of the molecule is CCNC(=O)N(CCOC)CC(=O)N1CCc2sccc2[C@@H]1COc1ccc(F)cc1. The van der Waals surface area contributed by atoms with E-state index in [9.17, 15) is 14.0 Å². The van der Waals surface area contributed by atoms with Gasteiger partial charge in [0.25, 0.3) is 0 Å². The number of thiophene rings is 1. The summed E-state index contributed by atoms with van der Waals surface area (Å²) in [5.41, 5.74) is 1.06. The molecule has 9 heteroatoms. The van der Waals surface area contributed by atoms with E-state index in [1.807, 2.05) is 18.4 Å². The molecule has 0 aliphatic carbocycles. The van der Waals surface area contributed by atoms with Gasteiger partial charge in [0.2, 0.25) is 5.91 Å². The molecule has 0 saturated carbocycles. The number of halogens is 1. The number of hydrogen-bond acceptors (Lipinski definition) is 5. The number of nitrogens with zero attached hydrogens (tertiary/aromatic N) is 2. The van der Waals surface area contributed by atoms with Crippen molar-refractivity contribution in [1.82, 2.24) is 15.1 Å². The highest BCUT2D eigenvalue weighted by Crippen LogP contribution is 2.34. The van der Waals surface area contributed by atoms with Crippen molar-refractivity contribution in [2.24, 2.45) is 0 Å². The van der Waals surface area contributed by atoms with Gasteiger partial charge in [-0.15, -0.1) is 11.3 Å². The Morgan fingerprint density at radius 2 is 2.06 bits per heavy atom. The number of methoxy groups -OCH3 is 1. The zero-order valence-electron chi connectivity index (χ0n) is 17.8. The Balaban J connectivity index is 1.74. The maximum atomic E-state index is 13.2. The van der Waals surface area contributed by atoms with E-state index in [0.717, 1.165) is 12.0 Å². The summed E-state index contributed by atoms with van der Waals surface area (Å²) in [5.74, 6) is 0.0653. The van der Waals surface area contributed by atoms with Gasteiger partial charge < -0.3 is 24.6 Å². The molecule has 0 radical (unpaired) electrons. The highest BCUT2D eigenvalue weighted by Gasteiger charge is 2.33. The summed E-state index contributed by atoms with van der Waals surface area (Å²) < 4.78 is 24.2. The van der Waals surface area contributed by atoms with Crippen LogP contribution in [0.15, 0.2) is 35.7 Å². The van der Waals surface area contributed by atoms with Crippen molar-refractivity contribution in [2.45, 2.75) is 19.4 Å². The molecule has 1 aromatic heterocycles. The molecule has 1 aromatic carbocycles. The maximum absolute atomic E-state index is 13.2. The zero-order chi connectivity index (χ0) is 22.2. The van der Waals surface area contributed by atoms with Crippen LogP contribution >= 0.6 is 11.3 Å². The lowest BCUT2D eigenvalue weighted by Gasteiger charge is -2.37. The number of hydrogen-bond donors (Lipinski definition) is 1. The van der Waals surface area contributed by atoms with E-state index in [2.05, 4.69) is 5.32 Å². The Morgan fingerprint density at radius 3 is 2.77 bits per heavy atom. The van der Waals surface area contributed by atoms with Crippen molar-refractivity contribution in [2.75, 3.05) is 46.5 Å². The van der Waals surface area contributed by atoms with E-state index in [0.29, 0.717) is 32.0 Å². The summed E-state index contributed by atoms with van der Waals surface area (Å²) in [7, 11) is 1.56. The Bertz CT molecular complexity index is 874. The Hall–Kier alpha value is -2.65. The molecule has 0 spiro atoms. The normalized spacial score (nSPS) is 15.3. The van der Waals surface area contributed by atoms with Gasteiger partial charge in [-0.3, -0.25) is 4.79 Å². The Kier molecular flexibility index (Phi) is 8.25. The van der Waals surface area contributed by atoms with Crippen LogP contribution in [0.1, 0.15) is 23.4 Å². The molecule has 0 saturated heterocycles. The molecule has 1 aliphatic rings. The summed E-state index contributed by atoms with van der Waals surface area (Å²) in [6.07, 6.45) is 0.769. The predicted molar refractivity (Wildman–Crippen MR) is 117 cm³/mol. The number of urea groups is 1. The predicted octanol–water partition coefficient (Wildman–Crippen LogP) is 3.07. The molecule has 168 valence electrons. The highest BCUT2D eigenvalue weighted by atomic mass is 32.1. The maximum Gasteiger partial charge on any atom is 0.317 e. The van der Waals surface area contributed by atoms with Crippen LogP contribution < -0.4 is 10.1 Å². The van der Waals surface area contributed by atoms with E-state index in [-0.39, 0.29) is 36.9 Å². The molecule has 2 aromatic rings. The quantitative estimate of drug-likeness (QED) is 0.639. The van der Waals surface area contributed by atoms with Crippen LogP contribution in [0.5, 0.6) is 5.75 Å². The Morgan fingerprint density at radius 1 is 1.29 bits per heavy atom. The number of carbonyl (C=O) groups is 2. The molecule has 1 atom stereocenters. The van der Waals surface area contributed by atoms with Gasteiger partial charge in [0, 0.05) is 31.6 Å². The van der Waals surface area contributed by atoms with Crippen molar-refractivity contribution < 1.29 is 23.5 Å². The van der Waals surface area contributed by atoms with Crippen LogP contribution in [0.25, 0.3) is 0 Å². The number of ether oxygens (including phenoxy) is 2. The van der Waals surface area contributed by atoms with E-state index >= 15 is 0 Å².